The molecule has 1 aromatic rings. The highest BCUT2D eigenvalue weighted by Crippen LogP contribution is 2.41. The van der Waals surface area contributed by atoms with Gasteiger partial charge in [0.2, 0.25) is 0 Å². The summed E-state index contributed by atoms with van der Waals surface area (Å²) < 4.78 is 25.4. The summed E-state index contributed by atoms with van der Waals surface area (Å²) in [7, 11) is -6.42. The molecule has 0 bridgehead atoms. The highest BCUT2D eigenvalue weighted by Gasteiger charge is 2.55. The predicted molar refractivity (Wildman–Crippen MR) is 61.2 cm³/mol. The van der Waals surface area contributed by atoms with E-state index in [-0.39, 0.29) is 0 Å². The Morgan fingerprint density at radius 1 is 1.18 bits per heavy atom. The molecule has 0 aliphatic heterocycles. The summed E-state index contributed by atoms with van der Waals surface area (Å²) in [6.07, 6.45) is 2.16. The van der Waals surface area contributed by atoms with Gasteiger partial charge in [-0.15, -0.1) is 4.89 Å². The smallest absolute Gasteiger partial charge is 0.317 e. The van der Waals surface area contributed by atoms with Crippen molar-refractivity contribution in [1.29, 1.82) is 0 Å². The van der Waals surface area contributed by atoms with E-state index in [0.717, 1.165) is 6.08 Å². The van der Waals surface area contributed by atoms with Crippen molar-refractivity contribution in [3.8, 4) is 0 Å². The van der Waals surface area contributed by atoms with Gasteiger partial charge in [0, 0.05) is 10.6 Å². The molecule has 0 aliphatic carbocycles. The quantitative estimate of drug-likeness (QED) is 0.559. The Hall–Kier alpha value is -1.00. The number of aliphatic hydroxyl groups is 1. The van der Waals surface area contributed by atoms with Crippen molar-refractivity contribution in [3.05, 3.63) is 42.0 Å². The third kappa shape index (κ3) is 4.40. The lowest BCUT2D eigenvalue weighted by Gasteiger charge is -2.01. The Morgan fingerprint density at radius 3 is 2.24 bits per heavy atom. The molecule has 3 atom stereocenters. The zero-order valence-corrected chi connectivity index (χ0v) is 10.3. The molecule has 0 aromatic heterocycles. The van der Waals surface area contributed by atoms with E-state index in [4.69, 9.17) is 9.79 Å². The molecule has 0 saturated heterocycles. The van der Waals surface area contributed by atoms with Crippen molar-refractivity contribution in [2.45, 2.75) is 5.53 Å². The van der Waals surface area contributed by atoms with Crippen LogP contribution < -0.4 is 0 Å². The number of hydrogen-bond acceptors (Lipinski definition) is 4. The highest BCUT2D eigenvalue weighted by atomic mass is 31.1. The Kier molecular flexibility index (Phi) is 5.02. The SMILES string of the molecule is O=[P+](O)OC(O)(C=Cc1ccccc1)[P+](=O)O. The molecular formula is C9H10O6P2+2. The zero-order valence-electron chi connectivity index (χ0n) is 8.50. The first-order valence-electron chi connectivity index (χ1n) is 4.42. The van der Waals surface area contributed by atoms with E-state index in [1.54, 1.807) is 30.3 Å². The first-order valence-corrected chi connectivity index (χ1v) is 6.76. The molecule has 3 N–H and O–H groups in total. The van der Waals surface area contributed by atoms with Crippen LogP contribution in [0.3, 0.4) is 0 Å². The van der Waals surface area contributed by atoms with Crippen LogP contribution in [0.5, 0.6) is 0 Å². The summed E-state index contributed by atoms with van der Waals surface area (Å²) in [5, 5.41) is 9.53. The molecule has 1 rings (SSSR count). The van der Waals surface area contributed by atoms with Gasteiger partial charge in [0.05, 0.1) is 0 Å². The summed E-state index contributed by atoms with van der Waals surface area (Å²) in [5.41, 5.74) is -2.03. The van der Waals surface area contributed by atoms with Crippen LogP contribution in [0.2, 0.25) is 0 Å². The van der Waals surface area contributed by atoms with Crippen LogP contribution in [0.15, 0.2) is 36.4 Å². The van der Waals surface area contributed by atoms with Gasteiger partial charge < -0.3 is 5.11 Å². The third-order valence-corrected chi connectivity index (χ3v) is 3.15. The van der Waals surface area contributed by atoms with E-state index in [1.807, 2.05) is 0 Å². The van der Waals surface area contributed by atoms with Crippen molar-refractivity contribution in [1.82, 2.24) is 0 Å². The largest absolute Gasteiger partial charge is 0.702 e. The topological polar surface area (TPSA) is 104 Å². The molecule has 17 heavy (non-hydrogen) atoms. The van der Waals surface area contributed by atoms with Gasteiger partial charge in [0.15, 0.2) is 0 Å². The third-order valence-electron chi connectivity index (χ3n) is 1.78. The highest BCUT2D eigenvalue weighted by molar-refractivity contribution is 7.41. The molecule has 3 unspecified atom stereocenters. The second-order valence-corrected chi connectivity index (χ2v) is 4.85. The second-order valence-electron chi connectivity index (χ2n) is 3.00. The number of benzene rings is 1. The van der Waals surface area contributed by atoms with Crippen LogP contribution in [-0.2, 0) is 13.7 Å². The van der Waals surface area contributed by atoms with Crippen molar-refractivity contribution in [2.75, 3.05) is 0 Å². The summed E-state index contributed by atoms with van der Waals surface area (Å²) in [4.78, 5) is 17.3. The minimum Gasteiger partial charge on any atom is -0.317 e. The van der Waals surface area contributed by atoms with Crippen LogP contribution in [0.1, 0.15) is 5.56 Å². The van der Waals surface area contributed by atoms with Gasteiger partial charge in [0.1, 0.15) is 0 Å². The maximum atomic E-state index is 10.9. The van der Waals surface area contributed by atoms with Gasteiger partial charge in [-0.1, -0.05) is 30.3 Å². The van der Waals surface area contributed by atoms with E-state index < -0.39 is 21.8 Å². The number of rotatable bonds is 5. The minimum atomic E-state index is -3.22. The van der Waals surface area contributed by atoms with E-state index in [2.05, 4.69) is 4.52 Å². The Bertz CT molecular complexity index is 446. The molecule has 0 fully saturated rings. The molecule has 0 spiro atoms. The molecule has 90 valence electrons. The molecule has 1 aromatic carbocycles. The van der Waals surface area contributed by atoms with Gasteiger partial charge in [-0.05, 0) is 20.7 Å². The van der Waals surface area contributed by atoms with Crippen LogP contribution in [-0.4, -0.2) is 20.4 Å². The number of hydrogen-bond donors (Lipinski definition) is 3. The monoisotopic (exact) mass is 276 g/mol. The molecule has 0 saturated carbocycles. The Balaban J connectivity index is 2.91. The zero-order chi connectivity index (χ0) is 12.9. The van der Waals surface area contributed by atoms with Crippen LogP contribution in [0.4, 0.5) is 0 Å². The molecule has 0 radical (unpaired) electrons. The van der Waals surface area contributed by atoms with Gasteiger partial charge in [-0.2, -0.15) is 4.89 Å². The van der Waals surface area contributed by atoms with Gasteiger partial charge in [-0.3, -0.25) is 0 Å². The van der Waals surface area contributed by atoms with E-state index in [0.29, 0.717) is 5.56 Å². The van der Waals surface area contributed by atoms with Crippen LogP contribution >= 0.6 is 16.3 Å². The van der Waals surface area contributed by atoms with Crippen molar-refractivity contribution < 1.29 is 28.5 Å². The molecule has 8 heteroatoms. The van der Waals surface area contributed by atoms with Crippen LogP contribution in [0, 0.1) is 0 Å². The Labute approximate surface area is 99.0 Å². The lowest BCUT2D eigenvalue weighted by molar-refractivity contribution is -0.0259. The lowest BCUT2D eigenvalue weighted by Crippen LogP contribution is -2.21. The van der Waals surface area contributed by atoms with Crippen LogP contribution in [0.25, 0.3) is 6.08 Å². The second kappa shape index (κ2) is 6.07. The van der Waals surface area contributed by atoms with E-state index in [9.17, 15) is 14.2 Å². The predicted octanol–water partition coefficient (Wildman–Crippen LogP) is 1.75. The summed E-state index contributed by atoms with van der Waals surface area (Å²) in [5.74, 6) is 0. The summed E-state index contributed by atoms with van der Waals surface area (Å²) >= 11 is 0. The standard InChI is InChI=1S/C9H8O6P2/c10-9(16(11)12,15-17(13)14)7-6-8-4-2-1-3-5-8/h1-7,10H/p+2. The van der Waals surface area contributed by atoms with Crippen molar-refractivity contribution >= 4 is 22.4 Å². The lowest BCUT2D eigenvalue weighted by atomic mass is 10.2. The average Bonchev–Trinajstić information content (AvgIpc) is 2.27. The molecular weight excluding hydrogens is 266 g/mol. The molecule has 0 heterocycles. The maximum absolute atomic E-state index is 10.9. The van der Waals surface area contributed by atoms with E-state index >= 15 is 0 Å². The summed E-state index contributed by atoms with van der Waals surface area (Å²) in [6, 6.07) is 8.59. The first kappa shape index (κ1) is 14.1. The van der Waals surface area contributed by atoms with Crippen molar-refractivity contribution in [3.63, 3.8) is 0 Å². The normalized spacial score (nSPS) is 16.6. The van der Waals surface area contributed by atoms with E-state index in [1.165, 1.54) is 6.08 Å². The van der Waals surface area contributed by atoms with Gasteiger partial charge >= 0.3 is 21.8 Å². The fourth-order valence-corrected chi connectivity index (χ4v) is 1.99. The molecule has 0 amide bonds. The average molecular weight is 276 g/mol. The minimum absolute atomic E-state index is 0.638. The maximum Gasteiger partial charge on any atom is 0.702 e. The fourth-order valence-electron chi connectivity index (χ4n) is 1.01. The van der Waals surface area contributed by atoms with Gasteiger partial charge in [-0.25, -0.2) is 0 Å². The first-order chi connectivity index (χ1) is 7.94. The van der Waals surface area contributed by atoms with Gasteiger partial charge in [0.25, 0.3) is 0 Å². The molecule has 0 aliphatic rings. The van der Waals surface area contributed by atoms with Crippen molar-refractivity contribution in [2.24, 2.45) is 0 Å². The fraction of sp³-hybridized carbons (Fsp3) is 0.111. The summed E-state index contributed by atoms with van der Waals surface area (Å²) in [6.45, 7) is 0. The molecule has 6 nitrogen and oxygen atoms in total. The Morgan fingerprint density at radius 2 is 1.76 bits per heavy atom.